The Morgan fingerprint density at radius 1 is 1.43 bits per heavy atom. The van der Waals surface area contributed by atoms with Gasteiger partial charge >= 0.3 is 0 Å². The van der Waals surface area contributed by atoms with Crippen LogP contribution in [-0.4, -0.2) is 24.7 Å². The number of oxazole rings is 1. The van der Waals surface area contributed by atoms with Gasteiger partial charge in [-0.15, -0.1) is 0 Å². The monoisotopic (exact) mass is 196 g/mol. The minimum Gasteiger partial charge on any atom is -0.447 e. The fraction of sp³-hybridized carbons (Fsp3) is 0.700. The van der Waals surface area contributed by atoms with Gasteiger partial charge in [0, 0.05) is 13.2 Å². The second-order valence-corrected chi connectivity index (χ2v) is 3.65. The van der Waals surface area contributed by atoms with Crippen LogP contribution >= 0.6 is 0 Å². The number of aromatic nitrogens is 1. The van der Waals surface area contributed by atoms with Crippen molar-refractivity contribution in [2.75, 3.05) is 19.8 Å². The van der Waals surface area contributed by atoms with Crippen molar-refractivity contribution >= 4 is 0 Å². The molecule has 0 unspecified atom stereocenters. The fourth-order valence-electron chi connectivity index (χ4n) is 1.68. The molecule has 4 nitrogen and oxygen atoms in total. The molecule has 1 N–H and O–H groups in total. The molecule has 0 atom stereocenters. The zero-order valence-corrected chi connectivity index (χ0v) is 8.24. The maximum atomic E-state index is 5.30. The van der Waals surface area contributed by atoms with Crippen LogP contribution in [-0.2, 0) is 11.3 Å². The Hall–Kier alpha value is -0.870. The van der Waals surface area contributed by atoms with Gasteiger partial charge in [0.15, 0.2) is 6.39 Å². The summed E-state index contributed by atoms with van der Waals surface area (Å²) in [5.74, 6) is 1.66. The molecule has 0 amide bonds. The number of nitrogens with zero attached hydrogens (tertiary/aromatic N) is 1. The van der Waals surface area contributed by atoms with E-state index in [-0.39, 0.29) is 0 Å². The first kappa shape index (κ1) is 9.68. The van der Waals surface area contributed by atoms with E-state index in [0.717, 1.165) is 38.0 Å². The van der Waals surface area contributed by atoms with E-state index in [2.05, 4.69) is 10.3 Å². The summed E-state index contributed by atoms with van der Waals surface area (Å²) in [5.41, 5.74) is 0. The molecule has 0 saturated carbocycles. The smallest absolute Gasteiger partial charge is 0.180 e. The molecule has 1 fully saturated rings. The number of rotatable bonds is 4. The predicted molar refractivity (Wildman–Crippen MR) is 51.8 cm³/mol. The van der Waals surface area contributed by atoms with E-state index < -0.39 is 0 Å². The second kappa shape index (κ2) is 5.12. The van der Waals surface area contributed by atoms with E-state index in [9.17, 15) is 0 Å². The molecular formula is C10H16N2O2. The Kier molecular flexibility index (Phi) is 3.54. The van der Waals surface area contributed by atoms with Crippen molar-refractivity contribution in [1.82, 2.24) is 10.3 Å². The largest absolute Gasteiger partial charge is 0.447 e. The fourth-order valence-corrected chi connectivity index (χ4v) is 1.68. The van der Waals surface area contributed by atoms with Crippen LogP contribution in [0, 0.1) is 5.92 Å². The van der Waals surface area contributed by atoms with Crippen LogP contribution in [0.15, 0.2) is 17.0 Å². The van der Waals surface area contributed by atoms with Crippen molar-refractivity contribution in [2.24, 2.45) is 5.92 Å². The zero-order chi connectivity index (χ0) is 9.64. The van der Waals surface area contributed by atoms with Crippen LogP contribution in [0.2, 0.25) is 0 Å². The molecule has 1 aliphatic rings. The number of hydrogen-bond donors (Lipinski definition) is 1. The van der Waals surface area contributed by atoms with Gasteiger partial charge < -0.3 is 14.5 Å². The maximum Gasteiger partial charge on any atom is 0.180 e. The van der Waals surface area contributed by atoms with E-state index in [1.807, 2.05) is 0 Å². The highest BCUT2D eigenvalue weighted by molar-refractivity contribution is 4.87. The zero-order valence-electron chi connectivity index (χ0n) is 8.24. The predicted octanol–water partition coefficient (Wildman–Crippen LogP) is 1.19. The van der Waals surface area contributed by atoms with Crippen molar-refractivity contribution in [3.05, 3.63) is 18.4 Å². The topological polar surface area (TPSA) is 47.3 Å². The highest BCUT2D eigenvalue weighted by atomic mass is 16.5. The third-order valence-corrected chi connectivity index (χ3v) is 2.56. The summed E-state index contributed by atoms with van der Waals surface area (Å²) in [7, 11) is 0. The Morgan fingerprint density at radius 3 is 3.00 bits per heavy atom. The number of hydrogen-bond acceptors (Lipinski definition) is 4. The van der Waals surface area contributed by atoms with Crippen molar-refractivity contribution in [3.8, 4) is 0 Å². The van der Waals surface area contributed by atoms with E-state index in [4.69, 9.17) is 9.15 Å². The summed E-state index contributed by atoms with van der Waals surface area (Å²) in [5, 5.41) is 3.37. The van der Waals surface area contributed by atoms with E-state index in [0.29, 0.717) is 0 Å². The lowest BCUT2D eigenvalue weighted by molar-refractivity contribution is 0.0661. The molecule has 1 saturated heterocycles. The molecule has 1 aromatic heterocycles. The van der Waals surface area contributed by atoms with Gasteiger partial charge in [0.1, 0.15) is 5.76 Å². The normalized spacial score (nSPS) is 18.6. The second-order valence-electron chi connectivity index (χ2n) is 3.65. The van der Waals surface area contributed by atoms with Crippen LogP contribution < -0.4 is 5.32 Å². The quantitative estimate of drug-likeness (QED) is 0.785. The minimum absolute atomic E-state index is 0.756. The van der Waals surface area contributed by atoms with E-state index in [1.165, 1.54) is 19.2 Å². The molecule has 78 valence electrons. The van der Waals surface area contributed by atoms with E-state index >= 15 is 0 Å². The van der Waals surface area contributed by atoms with Gasteiger partial charge in [-0.1, -0.05) is 0 Å². The molecule has 0 bridgehead atoms. The standard InChI is InChI=1S/C10H16N2O2/c1-3-13-4-2-9(1)5-11-6-10-7-12-8-14-10/h7-9,11H,1-6H2. The molecule has 1 aromatic rings. The summed E-state index contributed by atoms with van der Waals surface area (Å²) < 4.78 is 10.4. The first-order valence-electron chi connectivity index (χ1n) is 5.11. The van der Waals surface area contributed by atoms with Gasteiger partial charge in [-0.25, -0.2) is 4.98 Å². The third kappa shape index (κ3) is 2.82. The molecule has 0 radical (unpaired) electrons. The molecule has 14 heavy (non-hydrogen) atoms. The summed E-state index contributed by atoms with van der Waals surface area (Å²) in [6, 6.07) is 0. The Morgan fingerprint density at radius 2 is 2.29 bits per heavy atom. The Bertz CT molecular complexity index is 243. The molecular weight excluding hydrogens is 180 g/mol. The molecule has 4 heteroatoms. The van der Waals surface area contributed by atoms with Crippen LogP contribution in [0.4, 0.5) is 0 Å². The molecule has 2 heterocycles. The number of ether oxygens (including phenoxy) is 1. The maximum absolute atomic E-state index is 5.30. The summed E-state index contributed by atoms with van der Waals surface area (Å²) in [6.45, 7) is 3.64. The average Bonchev–Trinajstić information content (AvgIpc) is 2.72. The van der Waals surface area contributed by atoms with Crippen molar-refractivity contribution in [3.63, 3.8) is 0 Å². The summed E-state index contributed by atoms with van der Waals surface area (Å²) >= 11 is 0. The van der Waals surface area contributed by atoms with Gasteiger partial charge in [0.25, 0.3) is 0 Å². The molecule has 1 aliphatic heterocycles. The third-order valence-electron chi connectivity index (χ3n) is 2.56. The van der Waals surface area contributed by atoms with Gasteiger partial charge in [-0.2, -0.15) is 0 Å². The van der Waals surface area contributed by atoms with Crippen LogP contribution in [0.3, 0.4) is 0 Å². The first-order valence-corrected chi connectivity index (χ1v) is 5.11. The van der Waals surface area contributed by atoms with Gasteiger partial charge in [-0.3, -0.25) is 0 Å². The van der Waals surface area contributed by atoms with Crippen molar-refractivity contribution < 1.29 is 9.15 Å². The van der Waals surface area contributed by atoms with Crippen molar-refractivity contribution in [1.29, 1.82) is 0 Å². The molecule has 0 spiro atoms. The lowest BCUT2D eigenvalue weighted by Crippen LogP contribution is -2.27. The van der Waals surface area contributed by atoms with E-state index in [1.54, 1.807) is 6.20 Å². The Labute approximate surface area is 83.7 Å². The summed E-state index contributed by atoms with van der Waals surface area (Å²) in [6.07, 6.45) is 5.55. The van der Waals surface area contributed by atoms with Crippen LogP contribution in [0.5, 0.6) is 0 Å². The highest BCUT2D eigenvalue weighted by Gasteiger charge is 2.12. The summed E-state index contributed by atoms with van der Waals surface area (Å²) in [4.78, 5) is 3.86. The van der Waals surface area contributed by atoms with Gasteiger partial charge in [0.2, 0.25) is 0 Å². The highest BCUT2D eigenvalue weighted by Crippen LogP contribution is 2.13. The van der Waals surface area contributed by atoms with Gasteiger partial charge in [-0.05, 0) is 25.3 Å². The number of nitrogens with one attached hydrogen (secondary N) is 1. The molecule has 0 aromatic carbocycles. The van der Waals surface area contributed by atoms with Crippen LogP contribution in [0.1, 0.15) is 18.6 Å². The van der Waals surface area contributed by atoms with Gasteiger partial charge in [0.05, 0.1) is 12.7 Å². The average molecular weight is 196 g/mol. The Balaban J connectivity index is 1.62. The minimum atomic E-state index is 0.756. The lowest BCUT2D eigenvalue weighted by Gasteiger charge is -2.21. The molecule has 0 aliphatic carbocycles. The molecule has 2 rings (SSSR count). The first-order chi connectivity index (χ1) is 6.95. The SMILES string of the molecule is c1ncc(CNCC2CCOCC2)o1. The lowest BCUT2D eigenvalue weighted by atomic mass is 10.0. The van der Waals surface area contributed by atoms with Crippen molar-refractivity contribution in [2.45, 2.75) is 19.4 Å². The van der Waals surface area contributed by atoms with Crippen LogP contribution in [0.25, 0.3) is 0 Å².